The first-order valence-electron chi connectivity index (χ1n) is 5.80. The van der Waals surface area contributed by atoms with E-state index in [0.717, 1.165) is 10.1 Å². The Labute approximate surface area is 116 Å². The van der Waals surface area contributed by atoms with E-state index in [9.17, 15) is 13.2 Å². The number of nitrogens with two attached hydrogens (primary N) is 1. The normalized spacial score (nSPS) is 11.5. The predicted octanol–water partition coefficient (Wildman–Crippen LogP) is 1.25. The van der Waals surface area contributed by atoms with E-state index < -0.39 is 21.6 Å². The highest BCUT2D eigenvalue weighted by Gasteiger charge is 2.15. The van der Waals surface area contributed by atoms with Crippen LogP contribution >= 0.6 is 0 Å². The van der Waals surface area contributed by atoms with Gasteiger partial charge >= 0.3 is 0 Å². The van der Waals surface area contributed by atoms with E-state index >= 15 is 0 Å². The molecule has 2 rings (SSSR count). The summed E-state index contributed by atoms with van der Waals surface area (Å²) in [5.41, 5.74) is 6.80. The minimum absolute atomic E-state index is 0.0712. The summed E-state index contributed by atoms with van der Waals surface area (Å²) in [6, 6.07) is 10.6. The maximum atomic E-state index is 11.9. The third-order valence-corrected chi connectivity index (χ3v) is 3.55. The number of aromatic nitrogens is 1. The molecule has 0 aliphatic heterocycles. The SMILES string of the molecule is Cc1c(-c2ccccc2)cc(N)c(=O)n1CS(=O)(=O)O. The van der Waals surface area contributed by atoms with E-state index in [0.29, 0.717) is 11.3 Å². The molecule has 0 aliphatic rings. The van der Waals surface area contributed by atoms with Gasteiger partial charge in [0.1, 0.15) is 0 Å². The van der Waals surface area contributed by atoms with Crippen LogP contribution in [0.25, 0.3) is 11.1 Å². The number of rotatable bonds is 3. The predicted molar refractivity (Wildman–Crippen MR) is 76.8 cm³/mol. The molecule has 0 amide bonds. The highest BCUT2D eigenvalue weighted by atomic mass is 32.2. The van der Waals surface area contributed by atoms with Gasteiger partial charge in [-0.25, -0.2) is 0 Å². The Morgan fingerprint density at radius 1 is 1.25 bits per heavy atom. The molecule has 7 heteroatoms. The second kappa shape index (κ2) is 5.10. The second-order valence-corrected chi connectivity index (χ2v) is 5.83. The van der Waals surface area contributed by atoms with Crippen LogP contribution in [0.5, 0.6) is 0 Å². The summed E-state index contributed by atoms with van der Waals surface area (Å²) >= 11 is 0. The van der Waals surface area contributed by atoms with Gasteiger partial charge in [-0.05, 0) is 18.6 Å². The number of anilines is 1. The van der Waals surface area contributed by atoms with Crippen LogP contribution in [0.2, 0.25) is 0 Å². The summed E-state index contributed by atoms with van der Waals surface area (Å²) in [5, 5.41) is 0. The van der Waals surface area contributed by atoms with Crippen molar-refractivity contribution in [3.63, 3.8) is 0 Å². The minimum atomic E-state index is -4.33. The van der Waals surface area contributed by atoms with Crippen molar-refractivity contribution in [1.82, 2.24) is 4.57 Å². The molecular weight excluding hydrogens is 280 g/mol. The van der Waals surface area contributed by atoms with Crippen LogP contribution in [-0.2, 0) is 16.0 Å². The van der Waals surface area contributed by atoms with Gasteiger partial charge in [0, 0.05) is 11.3 Å². The number of hydrogen-bond acceptors (Lipinski definition) is 4. The van der Waals surface area contributed by atoms with E-state index in [2.05, 4.69) is 0 Å². The Kier molecular flexibility index (Phi) is 3.65. The molecule has 0 bridgehead atoms. The smallest absolute Gasteiger partial charge is 0.283 e. The molecule has 6 nitrogen and oxygen atoms in total. The number of nitrogen functional groups attached to an aromatic ring is 1. The zero-order valence-corrected chi connectivity index (χ0v) is 11.6. The van der Waals surface area contributed by atoms with Crippen LogP contribution in [0.1, 0.15) is 5.69 Å². The molecule has 0 unspecified atom stereocenters. The molecule has 0 fully saturated rings. The summed E-state index contributed by atoms with van der Waals surface area (Å²) in [5.74, 6) is -0.817. The molecule has 1 aromatic heterocycles. The zero-order valence-electron chi connectivity index (χ0n) is 10.8. The molecule has 3 N–H and O–H groups in total. The molecule has 2 aromatic rings. The number of nitrogens with zero attached hydrogens (tertiary/aromatic N) is 1. The summed E-state index contributed by atoms with van der Waals surface area (Å²) < 4.78 is 31.9. The van der Waals surface area contributed by atoms with Crippen LogP contribution in [0.3, 0.4) is 0 Å². The first-order valence-corrected chi connectivity index (χ1v) is 7.41. The maximum Gasteiger partial charge on any atom is 0.283 e. The van der Waals surface area contributed by atoms with E-state index in [1.165, 1.54) is 6.07 Å². The number of benzene rings is 1. The molecular formula is C13H14N2O4S. The largest absolute Gasteiger partial charge is 0.394 e. The first-order chi connectivity index (χ1) is 9.29. The Bertz CT molecular complexity index is 795. The molecule has 0 spiro atoms. The summed E-state index contributed by atoms with van der Waals surface area (Å²) in [6.07, 6.45) is 0. The second-order valence-electron chi connectivity index (χ2n) is 4.41. The fraction of sp³-hybridized carbons (Fsp3) is 0.154. The van der Waals surface area contributed by atoms with E-state index in [1.54, 1.807) is 6.92 Å². The van der Waals surface area contributed by atoms with Crippen LogP contribution in [-0.4, -0.2) is 17.5 Å². The van der Waals surface area contributed by atoms with E-state index in [1.807, 2.05) is 30.3 Å². The van der Waals surface area contributed by atoms with Crippen LogP contribution in [0.15, 0.2) is 41.2 Å². The van der Waals surface area contributed by atoms with Crippen LogP contribution in [0, 0.1) is 6.92 Å². The van der Waals surface area contributed by atoms with Gasteiger partial charge in [0.25, 0.3) is 15.7 Å². The van der Waals surface area contributed by atoms with Gasteiger partial charge in [-0.3, -0.25) is 13.9 Å². The first kappa shape index (κ1) is 14.3. The van der Waals surface area contributed by atoms with Crippen LogP contribution in [0.4, 0.5) is 5.69 Å². The zero-order chi connectivity index (χ0) is 14.9. The Balaban J connectivity index is 2.71. The third kappa shape index (κ3) is 2.89. The standard InChI is InChI=1S/C13H14N2O4S/c1-9-11(10-5-3-2-4-6-10)7-12(14)13(16)15(9)8-20(17,18)19/h2-7H,8,14H2,1H3,(H,17,18,19). The molecule has 106 valence electrons. The highest BCUT2D eigenvalue weighted by molar-refractivity contribution is 7.84. The quantitative estimate of drug-likeness (QED) is 0.829. The molecule has 0 saturated heterocycles. The van der Waals surface area contributed by atoms with E-state index in [-0.39, 0.29) is 5.69 Å². The molecule has 0 aliphatic carbocycles. The van der Waals surface area contributed by atoms with Gasteiger partial charge in [-0.15, -0.1) is 0 Å². The molecule has 0 radical (unpaired) electrons. The average Bonchev–Trinajstić information content (AvgIpc) is 2.39. The third-order valence-electron chi connectivity index (χ3n) is 2.96. The number of hydrogen-bond donors (Lipinski definition) is 2. The Morgan fingerprint density at radius 3 is 2.40 bits per heavy atom. The number of pyridine rings is 1. The van der Waals surface area contributed by atoms with Crippen LogP contribution < -0.4 is 11.3 Å². The van der Waals surface area contributed by atoms with Crippen molar-refractivity contribution in [3.8, 4) is 11.1 Å². The van der Waals surface area contributed by atoms with Gasteiger partial charge in [0.15, 0.2) is 5.88 Å². The van der Waals surface area contributed by atoms with Crippen molar-refractivity contribution in [2.24, 2.45) is 0 Å². The molecule has 20 heavy (non-hydrogen) atoms. The van der Waals surface area contributed by atoms with Crippen molar-refractivity contribution in [1.29, 1.82) is 0 Å². The van der Waals surface area contributed by atoms with Crippen molar-refractivity contribution >= 4 is 15.8 Å². The van der Waals surface area contributed by atoms with Crippen molar-refractivity contribution in [3.05, 3.63) is 52.4 Å². The lowest BCUT2D eigenvalue weighted by Crippen LogP contribution is -2.28. The van der Waals surface area contributed by atoms with Gasteiger partial charge in [0.05, 0.1) is 5.69 Å². The van der Waals surface area contributed by atoms with E-state index in [4.69, 9.17) is 10.3 Å². The highest BCUT2D eigenvalue weighted by Crippen LogP contribution is 2.23. The topological polar surface area (TPSA) is 102 Å². The molecule has 0 saturated carbocycles. The molecule has 1 heterocycles. The van der Waals surface area contributed by atoms with Gasteiger partial charge in [0.2, 0.25) is 0 Å². The summed E-state index contributed by atoms with van der Waals surface area (Å²) in [4.78, 5) is 11.9. The lowest BCUT2D eigenvalue weighted by Gasteiger charge is -2.14. The minimum Gasteiger partial charge on any atom is -0.394 e. The Hall–Kier alpha value is -2.12. The lowest BCUT2D eigenvalue weighted by molar-refractivity contribution is 0.469. The Morgan fingerprint density at radius 2 is 1.85 bits per heavy atom. The van der Waals surface area contributed by atoms with Crippen molar-refractivity contribution in [2.45, 2.75) is 12.8 Å². The van der Waals surface area contributed by atoms with Crippen molar-refractivity contribution in [2.75, 3.05) is 5.73 Å². The molecule has 0 atom stereocenters. The average molecular weight is 294 g/mol. The monoisotopic (exact) mass is 294 g/mol. The van der Waals surface area contributed by atoms with Gasteiger partial charge < -0.3 is 5.73 Å². The molecule has 1 aromatic carbocycles. The summed E-state index contributed by atoms with van der Waals surface area (Å²) in [7, 11) is -4.33. The fourth-order valence-corrected chi connectivity index (χ4v) is 2.64. The van der Waals surface area contributed by atoms with Gasteiger partial charge in [-0.2, -0.15) is 8.42 Å². The van der Waals surface area contributed by atoms with Gasteiger partial charge in [-0.1, -0.05) is 30.3 Å². The fourth-order valence-electron chi connectivity index (χ4n) is 2.00. The maximum absolute atomic E-state index is 11.9. The van der Waals surface area contributed by atoms with Crippen molar-refractivity contribution < 1.29 is 13.0 Å². The lowest BCUT2D eigenvalue weighted by atomic mass is 10.0. The summed E-state index contributed by atoms with van der Waals surface area (Å²) in [6.45, 7) is 1.61.